The van der Waals surface area contributed by atoms with E-state index in [1.807, 2.05) is 32.0 Å². The molecule has 0 aromatic heterocycles. The molecule has 0 unspecified atom stereocenters. The molecule has 0 aliphatic carbocycles. The lowest BCUT2D eigenvalue weighted by Crippen LogP contribution is -2.46. The highest BCUT2D eigenvalue weighted by molar-refractivity contribution is 7.89. The Balaban J connectivity index is 2.02. The number of aliphatic carboxylic acids is 1. The molecule has 0 radical (unpaired) electrons. The number of halogens is 3. The van der Waals surface area contributed by atoms with Crippen molar-refractivity contribution in [2.45, 2.75) is 68.9 Å². The number of rotatable bonds is 15. The maximum atomic E-state index is 13.1. The molecule has 0 aliphatic heterocycles. The Morgan fingerprint density at radius 3 is 2.34 bits per heavy atom. The number of aryl methyl sites for hydroxylation is 2. The van der Waals surface area contributed by atoms with E-state index in [0.29, 0.717) is 0 Å². The summed E-state index contributed by atoms with van der Waals surface area (Å²) in [5.74, 6) is -1.96. The standard InChI is InChI=1S/C26H35F3N2O6S/c1-25(2,13-7-10-19-8-5-4-6-9-19)30-17-21(32)18-31(3)38(35,36)23-15-20(11-12-24(33)34)14-22(16-23)37-26(27,28)29/h4-6,8-9,14-16,21,30,32H,7,10-13,17-18H2,1-3H3,(H,33,34)/t21-/m1/s1. The number of likely N-dealkylation sites (N-methyl/N-ethyl adjacent to an activating group) is 1. The number of sulfonamides is 1. The summed E-state index contributed by atoms with van der Waals surface area (Å²) in [6.45, 7) is 3.75. The lowest BCUT2D eigenvalue weighted by atomic mass is 9.95. The van der Waals surface area contributed by atoms with Crippen LogP contribution in [0.3, 0.4) is 0 Å². The van der Waals surface area contributed by atoms with Crippen LogP contribution in [0.5, 0.6) is 5.75 Å². The van der Waals surface area contributed by atoms with Gasteiger partial charge in [0.25, 0.3) is 0 Å². The number of carbonyl (C=O) groups is 1. The predicted octanol–water partition coefficient (Wildman–Crippen LogP) is 3.97. The number of hydrogen-bond donors (Lipinski definition) is 3. The van der Waals surface area contributed by atoms with Crippen LogP contribution in [0, 0.1) is 0 Å². The second-order valence-electron chi connectivity index (χ2n) is 9.80. The van der Waals surface area contributed by atoms with Crippen molar-refractivity contribution in [2.75, 3.05) is 20.1 Å². The Hall–Kier alpha value is -2.67. The quantitative estimate of drug-likeness (QED) is 0.302. The van der Waals surface area contributed by atoms with Crippen molar-refractivity contribution in [3.8, 4) is 5.75 Å². The second kappa shape index (κ2) is 13.4. The zero-order valence-corrected chi connectivity index (χ0v) is 22.5. The minimum Gasteiger partial charge on any atom is -0.481 e. The Kier molecular flexibility index (Phi) is 11.1. The number of nitrogens with zero attached hydrogens (tertiary/aromatic N) is 1. The number of alkyl halides is 3. The molecule has 0 bridgehead atoms. The van der Waals surface area contributed by atoms with Crippen LogP contribution in [0.4, 0.5) is 13.2 Å². The number of aliphatic hydroxyl groups is 1. The summed E-state index contributed by atoms with van der Waals surface area (Å²) in [5, 5.41) is 22.6. The van der Waals surface area contributed by atoms with Crippen LogP contribution in [-0.4, -0.2) is 67.0 Å². The van der Waals surface area contributed by atoms with Crippen LogP contribution in [-0.2, 0) is 27.7 Å². The Morgan fingerprint density at radius 2 is 1.74 bits per heavy atom. The molecule has 0 saturated heterocycles. The van der Waals surface area contributed by atoms with Crippen LogP contribution in [0.25, 0.3) is 0 Å². The number of nitrogens with one attached hydrogen (secondary N) is 1. The molecule has 8 nitrogen and oxygen atoms in total. The molecule has 0 fully saturated rings. The van der Waals surface area contributed by atoms with Gasteiger partial charge in [-0.3, -0.25) is 4.79 Å². The Labute approximate surface area is 221 Å². The normalized spacial score (nSPS) is 13.5. The van der Waals surface area contributed by atoms with Crippen molar-refractivity contribution in [2.24, 2.45) is 0 Å². The maximum absolute atomic E-state index is 13.1. The van der Waals surface area contributed by atoms with Gasteiger partial charge in [-0.2, -0.15) is 4.31 Å². The molecule has 212 valence electrons. The van der Waals surface area contributed by atoms with Gasteiger partial charge in [-0.1, -0.05) is 30.3 Å². The van der Waals surface area contributed by atoms with Gasteiger partial charge in [0.15, 0.2) is 0 Å². The summed E-state index contributed by atoms with van der Waals surface area (Å²) < 4.78 is 69.2. The van der Waals surface area contributed by atoms with Crippen LogP contribution in [0.1, 0.15) is 44.2 Å². The third-order valence-electron chi connectivity index (χ3n) is 5.90. The summed E-state index contributed by atoms with van der Waals surface area (Å²) >= 11 is 0. The lowest BCUT2D eigenvalue weighted by Gasteiger charge is -2.29. The van der Waals surface area contributed by atoms with Crippen LogP contribution >= 0.6 is 0 Å². The summed E-state index contributed by atoms with van der Waals surface area (Å²) in [6.07, 6.45) is -4.12. The summed E-state index contributed by atoms with van der Waals surface area (Å²) in [7, 11) is -3.11. The summed E-state index contributed by atoms with van der Waals surface area (Å²) in [5.41, 5.74) is 0.960. The first kappa shape index (κ1) is 31.5. The third kappa shape index (κ3) is 11.0. The third-order valence-corrected chi connectivity index (χ3v) is 7.70. The maximum Gasteiger partial charge on any atom is 0.573 e. The van der Waals surface area contributed by atoms with Crippen molar-refractivity contribution >= 4 is 16.0 Å². The molecular formula is C26H35F3N2O6S. The minimum atomic E-state index is -5.06. The SMILES string of the molecule is CN(C[C@H](O)CNC(C)(C)CCCc1ccccc1)S(=O)(=O)c1cc(CCC(=O)O)cc(OC(F)(F)F)c1. The first-order valence-electron chi connectivity index (χ1n) is 12.1. The van der Waals surface area contributed by atoms with Crippen molar-refractivity contribution in [1.82, 2.24) is 9.62 Å². The number of carboxylic acids is 1. The van der Waals surface area contributed by atoms with Crippen LogP contribution in [0.15, 0.2) is 53.4 Å². The Morgan fingerprint density at radius 1 is 1.08 bits per heavy atom. The molecule has 0 amide bonds. The molecule has 0 aliphatic rings. The van der Waals surface area contributed by atoms with Gasteiger partial charge in [0.2, 0.25) is 10.0 Å². The van der Waals surface area contributed by atoms with Crippen molar-refractivity contribution < 1.29 is 41.3 Å². The highest BCUT2D eigenvalue weighted by Crippen LogP contribution is 2.28. The molecule has 3 N–H and O–H groups in total. The van der Waals surface area contributed by atoms with Gasteiger partial charge in [-0.15, -0.1) is 13.2 Å². The fraction of sp³-hybridized carbons (Fsp3) is 0.500. The fourth-order valence-corrected chi connectivity index (χ4v) is 5.16. The monoisotopic (exact) mass is 560 g/mol. The minimum absolute atomic E-state index is 0.0561. The summed E-state index contributed by atoms with van der Waals surface area (Å²) in [4.78, 5) is 10.4. The van der Waals surface area contributed by atoms with Gasteiger partial charge in [0, 0.05) is 38.2 Å². The highest BCUT2D eigenvalue weighted by Gasteiger charge is 2.32. The van der Waals surface area contributed by atoms with Gasteiger partial charge in [0.1, 0.15) is 5.75 Å². The van der Waals surface area contributed by atoms with E-state index in [1.54, 1.807) is 0 Å². The van der Waals surface area contributed by atoms with E-state index in [-0.39, 0.29) is 30.6 Å². The Bertz CT molecular complexity index is 1160. The molecule has 0 saturated carbocycles. The van der Waals surface area contributed by atoms with E-state index in [0.717, 1.165) is 41.8 Å². The number of aliphatic hydroxyl groups excluding tert-OH is 1. The number of carboxylic acid groups (broad SMARTS) is 1. The first-order chi connectivity index (χ1) is 17.6. The second-order valence-corrected chi connectivity index (χ2v) is 11.8. The molecule has 2 rings (SSSR count). The van der Waals surface area contributed by atoms with E-state index in [4.69, 9.17) is 5.11 Å². The highest BCUT2D eigenvalue weighted by atomic mass is 32.2. The largest absolute Gasteiger partial charge is 0.573 e. The van der Waals surface area contributed by atoms with Gasteiger partial charge in [0.05, 0.1) is 11.0 Å². The molecule has 1 atom stereocenters. The molecule has 2 aromatic rings. The number of benzene rings is 2. The zero-order valence-electron chi connectivity index (χ0n) is 21.7. The predicted molar refractivity (Wildman–Crippen MR) is 136 cm³/mol. The smallest absolute Gasteiger partial charge is 0.481 e. The number of β-amino-alcohol motifs (C(OH)–C–C–N with tert-alkyl or cyclic N) is 1. The van der Waals surface area contributed by atoms with Crippen molar-refractivity contribution in [3.63, 3.8) is 0 Å². The average Bonchev–Trinajstić information content (AvgIpc) is 2.81. The van der Waals surface area contributed by atoms with Crippen LogP contribution in [0.2, 0.25) is 0 Å². The lowest BCUT2D eigenvalue weighted by molar-refractivity contribution is -0.274. The van der Waals surface area contributed by atoms with Crippen molar-refractivity contribution in [3.05, 3.63) is 59.7 Å². The van der Waals surface area contributed by atoms with Crippen molar-refractivity contribution in [1.29, 1.82) is 0 Å². The van der Waals surface area contributed by atoms with E-state index in [9.17, 15) is 31.5 Å². The van der Waals surface area contributed by atoms with Gasteiger partial charge < -0.3 is 20.3 Å². The molecule has 12 heteroatoms. The average molecular weight is 561 g/mol. The number of ether oxygens (including phenoxy) is 1. The van der Waals surface area contributed by atoms with Crippen LogP contribution < -0.4 is 10.1 Å². The summed E-state index contributed by atoms with van der Waals surface area (Å²) in [6, 6.07) is 12.8. The fourth-order valence-electron chi connectivity index (χ4n) is 3.87. The van der Waals surface area contributed by atoms with Gasteiger partial charge in [-0.25, -0.2) is 8.42 Å². The number of hydrogen-bond acceptors (Lipinski definition) is 6. The van der Waals surface area contributed by atoms with E-state index < -0.39 is 45.5 Å². The van der Waals surface area contributed by atoms with E-state index >= 15 is 0 Å². The van der Waals surface area contributed by atoms with E-state index in [1.165, 1.54) is 12.6 Å². The molecule has 0 heterocycles. The molecule has 2 aromatic carbocycles. The zero-order chi connectivity index (χ0) is 28.6. The van der Waals surface area contributed by atoms with Gasteiger partial charge in [-0.05, 0) is 62.8 Å². The van der Waals surface area contributed by atoms with Gasteiger partial charge >= 0.3 is 12.3 Å². The first-order valence-corrected chi connectivity index (χ1v) is 13.6. The molecule has 0 spiro atoms. The van der Waals surface area contributed by atoms with E-state index in [2.05, 4.69) is 22.2 Å². The topological polar surface area (TPSA) is 116 Å². The molecular weight excluding hydrogens is 525 g/mol. The molecule has 38 heavy (non-hydrogen) atoms.